The molecule has 0 aliphatic rings. The summed E-state index contributed by atoms with van der Waals surface area (Å²) in [7, 11) is 1.48. The number of hydrogen-bond acceptors (Lipinski definition) is 8. The predicted molar refractivity (Wildman–Crippen MR) is 97.5 cm³/mol. The summed E-state index contributed by atoms with van der Waals surface area (Å²) in [5, 5.41) is 17.6. The number of hydrogen-bond donors (Lipinski definition) is 2. The van der Waals surface area contributed by atoms with Gasteiger partial charge >= 0.3 is 5.69 Å². The third kappa shape index (κ3) is 3.95. The highest BCUT2D eigenvalue weighted by atomic mass is 35.5. The summed E-state index contributed by atoms with van der Waals surface area (Å²) in [6.07, 6.45) is 2.69. The monoisotopic (exact) mass is 372 g/mol. The normalized spacial score (nSPS) is 10.2. The highest BCUT2D eigenvalue weighted by molar-refractivity contribution is 6.30. The summed E-state index contributed by atoms with van der Waals surface area (Å²) >= 11 is 5.95. The zero-order chi connectivity index (χ0) is 18.5. The first-order valence-corrected chi connectivity index (χ1v) is 7.74. The molecule has 26 heavy (non-hydrogen) atoms. The number of nitro groups is 1. The molecule has 2 heterocycles. The number of rotatable bonds is 6. The SMILES string of the molecule is COc1ncccc1Nc1ncc([N+](=O)[O-])c(Nc2cccc(Cl)c2)n1. The minimum atomic E-state index is -0.568. The molecule has 3 aromatic rings. The maximum absolute atomic E-state index is 11.3. The predicted octanol–water partition coefficient (Wildman–Crippen LogP) is 3.93. The van der Waals surface area contributed by atoms with E-state index in [4.69, 9.17) is 16.3 Å². The number of nitrogens with one attached hydrogen (secondary N) is 2. The molecule has 0 spiro atoms. The number of pyridine rings is 1. The molecule has 0 bridgehead atoms. The molecule has 0 saturated carbocycles. The maximum Gasteiger partial charge on any atom is 0.329 e. The van der Waals surface area contributed by atoms with Crippen LogP contribution in [0.1, 0.15) is 0 Å². The van der Waals surface area contributed by atoms with Crippen molar-refractivity contribution in [1.29, 1.82) is 0 Å². The molecule has 0 aliphatic carbocycles. The Morgan fingerprint density at radius 1 is 1.19 bits per heavy atom. The second-order valence-electron chi connectivity index (χ2n) is 5.01. The van der Waals surface area contributed by atoms with Crippen molar-refractivity contribution in [1.82, 2.24) is 15.0 Å². The second-order valence-corrected chi connectivity index (χ2v) is 5.44. The number of halogens is 1. The summed E-state index contributed by atoms with van der Waals surface area (Å²) in [6.45, 7) is 0. The first-order valence-electron chi connectivity index (χ1n) is 7.37. The highest BCUT2D eigenvalue weighted by Crippen LogP contribution is 2.29. The lowest BCUT2D eigenvalue weighted by atomic mass is 10.3. The Morgan fingerprint density at radius 3 is 2.77 bits per heavy atom. The lowest BCUT2D eigenvalue weighted by molar-refractivity contribution is -0.384. The molecule has 2 aromatic heterocycles. The molecule has 0 aliphatic heterocycles. The Labute approximate surface area is 153 Å². The Morgan fingerprint density at radius 2 is 2.04 bits per heavy atom. The largest absolute Gasteiger partial charge is 0.480 e. The molecule has 0 radical (unpaired) electrons. The molecule has 2 N–H and O–H groups in total. The van der Waals surface area contributed by atoms with Gasteiger partial charge in [-0.3, -0.25) is 10.1 Å². The van der Waals surface area contributed by atoms with E-state index >= 15 is 0 Å². The van der Waals surface area contributed by atoms with Crippen molar-refractivity contribution >= 4 is 40.4 Å². The van der Waals surface area contributed by atoms with Crippen LogP contribution >= 0.6 is 11.6 Å². The van der Waals surface area contributed by atoms with Gasteiger partial charge in [0.15, 0.2) is 0 Å². The van der Waals surface area contributed by atoms with E-state index in [2.05, 4.69) is 25.6 Å². The molecular weight excluding hydrogens is 360 g/mol. The van der Waals surface area contributed by atoms with Crippen molar-refractivity contribution in [3.8, 4) is 5.88 Å². The van der Waals surface area contributed by atoms with Gasteiger partial charge in [0.2, 0.25) is 17.6 Å². The third-order valence-electron chi connectivity index (χ3n) is 3.26. The Bertz CT molecular complexity index is 953. The topological polar surface area (TPSA) is 115 Å². The quantitative estimate of drug-likeness (QED) is 0.494. The fraction of sp³-hybridized carbons (Fsp3) is 0.0625. The van der Waals surface area contributed by atoms with Crippen LogP contribution in [0.5, 0.6) is 5.88 Å². The molecule has 3 rings (SSSR count). The minimum Gasteiger partial charge on any atom is -0.480 e. The van der Waals surface area contributed by atoms with Crippen molar-refractivity contribution in [3.63, 3.8) is 0 Å². The number of anilines is 4. The highest BCUT2D eigenvalue weighted by Gasteiger charge is 2.18. The number of nitrogens with zero attached hydrogens (tertiary/aromatic N) is 4. The van der Waals surface area contributed by atoms with E-state index in [-0.39, 0.29) is 17.5 Å². The van der Waals surface area contributed by atoms with Gasteiger partial charge < -0.3 is 15.4 Å². The molecule has 0 atom stereocenters. The molecule has 0 fully saturated rings. The van der Waals surface area contributed by atoms with E-state index in [1.807, 2.05) is 0 Å². The van der Waals surface area contributed by atoms with Gasteiger partial charge in [-0.2, -0.15) is 4.98 Å². The van der Waals surface area contributed by atoms with Crippen molar-refractivity contribution in [2.75, 3.05) is 17.7 Å². The van der Waals surface area contributed by atoms with Crippen LogP contribution in [0.25, 0.3) is 0 Å². The molecule has 9 nitrogen and oxygen atoms in total. The third-order valence-corrected chi connectivity index (χ3v) is 3.50. The first kappa shape index (κ1) is 17.4. The van der Waals surface area contributed by atoms with E-state index in [1.165, 1.54) is 7.11 Å². The van der Waals surface area contributed by atoms with E-state index in [1.54, 1.807) is 42.6 Å². The van der Waals surface area contributed by atoms with Gasteiger partial charge in [-0.15, -0.1) is 0 Å². The lowest BCUT2D eigenvalue weighted by Gasteiger charge is -2.10. The number of methoxy groups -OCH3 is 1. The van der Waals surface area contributed by atoms with Crippen LogP contribution in [0.2, 0.25) is 5.02 Å². The summed E-state index contributed by atoms with van der Waals surface area (Å²) in [5.74, 6) is 0.517. The van der Waals surface area contributed by atoms with Crippen LogP contribution in [-0.2, 0) is 0 Å². The second kappa shape index (κ2) is 7.62. The molecule has 132 valence electrons. The smallest absolute Gasteiger partial charge is 0.329 e. The number of aromatic nitrogens is 3. The van der Waals surface area contributed by atoms with E-state index < -0.39 is 4.92 Å². The summed E-state index contributed by atoms with van der Waals surface area (Å²) < 4.78 is 5.15. The molecule has 10 heteroatoms. The molecule has 0 unspecified atom stereocenters. The maximum atomic E-state index is 11.3. The van der Waals surface area contributed by atoms with Crippen molar-refractivity contribution in [2.24, 2.45) is 0 Å². The fourth-order valence-electron chi connectivity index (χ4n) is 2.13. The average molecular weight is 373 g/mol. The van der Waals surface area contributed by atoms with Crippen LogP contribution in [-0.4, -0.2) is 27.0 Å². The van der Waals surface area contributed by atoms with E-state index in [0.717, 1.165) is 6.20 Å². The number of benzene rings is 1. The van der Waals surface area contributed by atoms with Crippen molar-refractivity contribution in [2.45, 2.75) is 0 Å². The minimum absolute atomic E-state index is 0.0256. The van der Waals surface area contributed by atoms with Crippen LogP contribution in [0, 0.1) is 10.1 Å². The average Bonchev–Trinajstić information content (AvgIpc) is 2.62. The van der Waals surface area contributed by atoms with E-state index in [9.17, 15) is 10.1 Å². The Kier molecular flexibility index (Phi) is 5.09. The summed E-state index contributed by atoms with van der Waals surface area (Å²) in [5.41, 5.74) is 0.815. The van der Waals surface area contributed by atoms with Crippen LogP contribution < -0.4 is 15.4 Å². The van der Waals surface area contributed by atoms with Gasteiger partial charge in [0.1, 0.15) is 11.9 Å². The fourth-order valence-corrected chi connectivity index (χ4v) is 2.32. The van der Waals surface area contributed by atoms with Gasteiger partial charge in [-0.25, -0.2) is 9.97 Å². The molecular formula is C16H13ClN6O3. The van der Waals surface area contributed by atoms with Crippen LogP contribution in [0.3, 0.4) is 0 Å². The molecule has 0 saturated heterocycles. The lowest BCUT2D eigenvalue weighted by Crippen LogP contribution is -2.05. The Balaban J connectivity index is 1.94. The van der Waals surface area contributed by atoms with Gasteiger partial charge in [-0.1, -0.05) is 17.7 Å². The molecule has 1 aromatic carbocycles. The standard InChI is InChI=1S/C16H13ClN6O3/c1-26-15-12(6-3-7-18-15)21-16-19-9-13(23(24)25)14(22-16)20-11-5-2-4-10(17)8-11/h2-9H,1H3,(H2,19,20,21,22). The van der Waals surface area contributed by atoms with Crippen molar-refractivity contribution in [3.05, 3.63) is 63.9 Å². The zero-order valence-electron chi connectivity index (χ0n) is 13.5. The number of ether oxygens (including phenoxy) is 1. The van der Waals surface area contributed by atoms with E-state index in [0.29, 0.717) is 22.3 Å². The zero-order valence-corrected chi connectivity index (χ0v) is 14.3. The first-order chi connectivity index (χ1) is 12.6. The van der Waals surface area contributed by atoms with Crippen LogP contribution in [0.4, 0.5) is 28.8 Å². The summed E-state index contributed by atoms with van der Waals surface area (Å²) in [4.78, 5) is 22.9. The summed E-state index contributed by atoms with van der Waals surface area (Å²) in [6, 6.07) is 10.2. The van der Waals surface area contributed by atoms with Gasteiger partial charge in [-0.05, 0) is 30.3 Å². The van der Waals surface area contributed by atoms with Crippen LogP contribution in [0.15, 0.2) is 48.8 Å². The molecule has 0 amide bonds. The van der Waals surface area contributed by atoms with Crippen molar-refractivity contribution < 1.29 is 9.66 Å². The Hall–Kier alpha value is -3.46. The van der Waals surface area contributed by atoms with Gasteiger partial charge in [0.25, 0.3) is 0 Å². The van der Waals surface area contributed by atoms with Gasteiger partial charge in [0, 0.05) is 16.9 Å². The van der Waals surface area contributed by atoms with Gasteiger partial charge in [0.05, 0.1) is 12.0 Å².